The zero-order chi connectivity index (χ0) is 25.5. The molecule has 0 fully saturated rings. The quantitative estimate of drug-likeness (QED) is 0.641. The number of alkyl halides is 8. The number of rotatable bonds is 5. The second-order valence-electron chi connectivity index (χ2n) is 6.82. The van der Waals surface area contributed by atoms with Crippen LogP contribution in [0.2, 0.25) is 0 Å². The van der Waals surface area contributed by atoms with Crippen molar-refractivity contribution in [2.75, 3.05) is 11.9 Å². The van der Waals surface area contributed by atoms with Crippen LogP contribution in [-0.4, -0.2) is 34.8 Å². The van der Waals surface area contributed by atoms with Crippen LogP contribution >= 0.6 is 0 Å². The number of hydrogen-bond donors (Lipinski definition) is 1. The maximum atomic E-state index is 13.9. The second kappa shape index (κ2) is 8.59. The first kappa shape index (κ1) is 26.0. The highest BCUT2D eigenvalue weighted by atomic mass is 19.4. The lowest BCUT2D eigenvalue weighted by atomic mass is 10.1. The van der Waals surface area contributed by atoms with Gasteiger partial charge in [0.05, 0.1) is 0 Å². The smallest absolute Gasteiger partial charge is 0.352 e. The molecule has 0 aliphatic carbocycles. The number of benzene rings is 1. The average molecular weight is 490 g/mol. The number of anilines is 1. The summed E-state index contributed by atoms with van der Waals surface area (Å²) in [4.78, 5) is 24.3. The molecule has 0 aliphatic rings. The molecule has 1 aromatic carbocycles. The summed E-state index contributed by atoms with van der Waals surface area (Å²) in [7, 11) is 1.49. The summed E-state index contributed by atoms with van der Waals surface area (Å²) in [6.45, 7) is 0.783. The van der Waals surface area contributed by atoms with Crippen LogP contribution in [0.4, 0.5) is 45.2 Å². The molecule has 6 nitrogen and oxygen atoms in total. The van der Waals surface area contributed by atoms with Gasteiger partial charge in [-0.1, -0.05) is 0 Å². The molecule has 1 aromatic heterocycles. The number of carbonyl (C=O) groups excluding carboxylic acids is 2. The number of carbonyl (C=O) groups is 2. The van der Waals surface area contributed by atoms with E-state index in [1.165, 1.54) is 0 Å². The minimum Gasteiger partial charge on any atom is -0.352 e. The zero-order valence-electron chi connectivity index (χ0n) is 17.0. The molecule has 0 spiro atoms. The minimum atomic E-state index is -6.41. The third-order valence-electron chi connectivity index (χ3n) is 4.44. The van der Waals surface area contributed by atoms with E-state index in [0.29, 0.717) is 11.9 Å². The Labute approximate surface area is 180 Å². The van der Waals surface area contributed by atoms with Gasteiger partial charge in [-0.25, -0.2) is 4.39 Å². The zero-order valence-corrected chi connectivity index (χ0v) is 17.0. The van der Waals surface area contributed by atoms with Gasteiger partial charge in [-0.05, 0) is 18.2 Å². The Kier molecular flexibility index (Phi) is 6.77. The van der Waals surface area contributed by atoms with Crippen LogP contribution in [-0.2, 0) is 30.5 Å². The monoisotopic (exact) mass is 490 g/mol. The van der Waals surface area contributed by atoms with Crippen molar-refractivity contribution in [1.82, 2.24) is 15.1 Å². The summed E-state index contributed by atoms with van der Waals surface area (Å²) in [5.41, 5.74) is -7.22. The second-order valence-corrected chi connectivity index (χ2v) is 6.82. The summed E-state index contributed by atoms with van der Waals surface area (Å²) in [6, 6.07) is 2.77. The molecule has 0 aliphatic heterocycles. The van der Waals surface area contributed by atoms with Gasteiger partial charge in [0.2, 0.25) is 5.91 Å². The molecular formula is C18H15F9N4O2. The Morgan fingerprint density at radius 2 is 1.67 bits per heavy atom. The molecule has 0 atom stereocenters. The van der Waals surface area contributed by atoms with Gasteiger partial charge in [0.25, 0.3) is 5.91 Å². The maximum Gasteiger partial charge on any atom is 0.459 e. The predicted octanol–water partition coefficient (Wildman–Crippen LogP) is 4.14. The fourth-order valence-corrected chi connectivity index (χ4v) is 2.79. The molecule has 0 bridgehead atoms. The number of nitrogens with one attached hydrogen (secondary N) is 1. The lowest BCUT2D eigenvalue weighted by Gasteiger charge is -2.21. The van der Waals surface area contributed by atoms with Gasteiger partial charge < -0.3 is 10.2 Å². The van der Waals surface area contributed by atoms with Crippen molar-refractivity contribution >= 4 is 17.5 Å². The maximum absolute atomic E-state index is 13.9. The summed E-state index contributed by atoms with van der Waals surface area (Å²) in [6.07, 6.45) is -12.2. The topological polar surface area (TPSA) is 67.2 Å². The first-order valence-corrected chi connectivity index (χ1v) is 8.79. The van der Waals surface area contributed by atoms with Crippen molar-refractivity contribution < 1.29 is 49.1 Å². The predicted molar refractivity (Wildman–Crippen MR) is 94.8 cm³/mol. The lowest BCUT2D eigenvalue weighted by molar-refractivity contribution is -0.292. The number of halogens is 9. The summed E-state index contributed by atoms with van der Waals surface area (Å²) in [5, 5.41) is 4.93. The first-order chi connectivity index (χ1) is 14.9. The molecule has 1 heterocycles. The fourth-order valence-electron chi connectivity index (χ4n) is 2.79. The summed E-state index contributed by atoms with van der Waals surface area (Å²) in [5.74, 6) is -9.02. The van der Waals surface area contributed by atoms with E-state index in [2.05, 4.69) is 10.4 Å². The Morgan fingerprint density at radius 1 is 1.09 bits per heavy atom. The van der Waals surface area contributed by atoms with Crippen LogP contribution in [0.25, 0.3) is 0 Å². The van der Waals surface area contributed by atoms with Crippen LogP contribution in [0.1, 0.15) is 34.2 Å². The highest BCUT2D eigenvalue weighted by molar-refractivity contribution is 6.06. The van der Waals surface area contributed by atoms with E-state index < -0.39 is 52.9 Å². The molecule has 2 aromatic rings. The fraction of sp³-hybridized carbons (Fsp3) is 0.389. The molecule has 0 saturated heterocycles. The van der Waals surface area contributed by atoms with Crippen molar-refractivity contribution in [3.05, 3.63) is 46.5 Å². The van der Waals surface area contributed by atoms with E-state index in [1.54, 1.807) is 0 Å². The molecular weight excluding hydrogens is 475 g/mol. The molecule has 33 heavy (non-hydrogen) atoms. The highest BCUT2D eigenvalue weighted by Gasteiger charge is 2.64. The lowest BCUT2D eigenvalue weighted by Crippen LogP contribution is -2.36. The van der Waals surface area contributed by atoms with Crippen LogP contribution in [0.15, 0.2) is 18.2 Å². The number of hydrogen-bond acceptors (Lipinski definition) is 3. The Balaban J connectivity index is 2.61. The molecule has 2 amide bonds. The Hall–Kier alpha value is -3.26. The van der Waals surface area contributed by atoms with E-state index in [-0.39, 0.29) is 22.5 Å². The standard InChI is InChI=1S/C18H15F9N4O2/c1-8(32)28-7-9-6-10(4-5-11(9)19)30(2)15(33)13-12(17(22,23)24)14(29-31(13)3)16(20,21)18(25,26)27/h4-6H,7H2,1-3H3,(H,28,32). The molecule has 0 saturated carbocycles. The van der Waals surface area contributed by atoms with Crippen LogP contribution in [0.5, 0.6) is 0 Å². The summed E-state index contributed by atoms with van der Waals surface area (Å²) < 4.78 is 120. The minimum absolute atomic E-state index is 0.0294. The van der Waals surface area contributed by atoms with Gasteiger partial charge in [-0.3, -0.25) is 14.3 Å². The van der Waals surface area contributed by atoms with E-state index in [4.69, 9.17) is 0 Å². The van der Waals surface area contributed by atoms with Crippen LogP contribution < -0.4 is 10.2 Å². The van der Waals surface area contributed by atoms with Gasteiger partial charge in [-0.15, -0.1) is 0 Å². The number of aryl methyl sites for hydroxylation is 1. The van der Waals surface area contributed by atoms with E-state index in [0.717, 1.165) is 32.2 Å². The number of amides is 2. The van der Waals surface area contributed by atoms with Crippen molar-refractivity contribution in [2.24, 2.45) is 7.05 Å². The first-order valence-electron chi connectivity index (χ1n) is 8.79. The largest absolute Gasteiger partial charge is 0.459 e. The molecule has 0 radical (unpaired) electrons. The Bertz CT molecular complexity index is 1070. The van der Waals surface area contributed by atoms with Crippen LogP contribution in [0.3, 0.4) is 0 Å². The third-order valence-corrected chi connectivity index (χ3v) is 4.44. The molecule has 0 unspecified atom stereocenters. The molecule has 1 N–H and O–H groups in total. The van der Waals surface area contributed by atoms with Gasteiger partial charge in [0.1, 0.15) is 17.1 Å². The van der Waals surface area contributed by atoms with E-state index in [1.807, 2.05) is 0 Å². The van der Waals surface area contributed by atoms with Crippen molar-refractivity contribution in [2.45, 2.75) is 31.7 Å². The molecule has 15 heteroatoms. The Morgan fingerprint density at radius 3 is 2.15 bits per heavy atom. The van der Waals surface area contributed by atoms with Gasteiger partial charge in [0.15, 0.2) is 5.69 Å². The normalized spacial score (nSPS) is 12.6. The summed E-state index contributed by atoms with van der Waals surface area (Å²) >= 11 is 0. The average Bonchev–Trinajstić information content (AvgIpc) is 3.03. The molecule has 2 rings (SSSR count). The highest BCUT2D eigenvalue weighted by Crippen LogP contribution is 2.48. The number of aromatic nitrogens is 2. The van der Waals surface area contributed by atoms with E-state index >= 15 is 0 Å². The van der Waals surface area contributed by atoms with Crippen molar-refractivity contribution in [1.29, 1.82) is 0 Å². The molecule has 182 valence electrons. The van der Waals surface area contributed by atoms with Crippen molar-refractivity contribution in [3.8, 4) is 0 Å². The van der Waals surface area contributed by atoms with Gasteiger partial charge >= 0.3 is 18.3 Å². The third kappa shape index (κ3) is 5.06. The van der Waals surface area contributed by atoms with Crippen LogP contribution in [0, 0.1) is 5.82 Å². The number of nitrogens with zero attached hydrogens (tertiary/aromatic N) is 3. The SMILES string of the molecule is CC(=O)NCc1cc(N(C)C(=O)c2c(C(F)(F)F)c(C(F)(F)C(F)(F)F)nn2C)ccc1F. The van der Waals surface area contributed by atoms with Crippen molar-refractivity contribution in [3.63, 3.8) is 0 Å². The van der Waals surface area contributed by atoms with Gasteiger partial charge in [-0.2, -0.15) is 40.2 Å². The van der Waals surface area contributed by atoms with E-state index in [9.17, 15) is 49.1 Å². The van der Waals surface area contributed by atoms with Gasteiger partial charge in [0, 0.05) is 38.8 Å².